The molecule has 0 bridgehead atoms. The molecule has 2 rings (SSSR count). The number of benzene rings is 1. The van der Waals surface area contributed by atoms with Crippen molar-refractivity contribution in [1.29, 1.82) is 0 Å². The molecule has 2 aromatic rings. The zero-order chi connectivity index (χ0) is 11.4. The van der Waals surface area contributed by atoms with Crippen LogP contribution in [0.4, 0.5) is 0 Å². The minimum atomic E-state index is 0.572. The van der Waals surface area contributed by atoms with E-state index in [2.05, 4.69) is 10.3 Å². The summed E-state index contributed by atoms with van der Waals surface area (Å²) in [6.07, 6.45) is 2.46. The van der Waals surface area contributed by atoms with Crippen LogP contribution in [0.15, 0.2) is 30.5 Å². The SMILES string of the molecule is COc1ccccc1-n1nncc1CCN. The summed E-state index contributed by atoms with van der Waals surface area (Å²) < 4.78 is 7.04. The second-order valence-corrected chi connectivity index (χ2v) is 3.35. The number of ether oxygens (including phenoxy) is 1. The van der Waals surface area contributed by atoms with Crippen molar-refractivity contribution in [3.63, 3.8) is 0 Å². The lowest BCUT2D eigenvalue weighted by Gasteiger charge is -2.09. The van der Waals surface area contributed by atoms with E-state index in [0.29, 0.717) is 6.54 Å². The molecule has 0 radical (unpaired) electrons. The number of nitrogens with zero attached hydrogens (tertiary/aromatic N) is 3. The first kappa shape index (κ1) is 10.6. The highest BCUT2D eigenvalue weighted by atomic mass is 16.5. The number of hydrogen-bond donors (Lipinski definition) is 1. The van der Waals surface area contributed by atoms with Gasteiger partial charge in [-0.15, -0.1) is 5.10 Å². The van der Waals surface area contributed by atoms with Crippen molar-refractivity contribution in [3.8, 4) is 11.4 Å². The van der Waals surface area contributed by atoms with E-state index < -0.39 is 0 Å². The molecule has 0 spiro atoms. The summed E-state index contributed by atoms with van der Waals surface area (Å²) >= 11 is 0. The van der Waals surface area contributed by atoms with Crippen molar-refractivity contribution in [2.24, 2.45) is 5.73 Å². The summed E-state index contributed by atoms with van der Waals surface area (Å²) in [6, 6.07) is 7.68. The third-order valence-corrected chi connectivity index (χ3v) is 2.33. The molecule has 0 unspecified atom stereocenters. The lowest BCUT2D eigenvalue weighted by atomic mass is 10.2. The molecule has 1 aromatic carbocycles. The van der Waals surface area contributed by atoms with Crippen LogP contribution in [0.2, 0.25) is 0 Å². The van der Waals surface area contributed by atoms with E-state index >= 15 is 0 Å². The van der Waals surface area contributed by atoms with Crippen molar-refractivity contribution < 1.29 is 4.74 Å². The lowest BCUT2D eigenvalue weighted by Crippen LogP contribution is -2.09. The van der Waals surface area contributed by atoms with Gasteiger partial charge in [0.1, 0.15) is 11.4 Å². The van der Waals surface area contributed by atoms with Gasteiger partial charge in [-0.1, -0.05) is 17.3 Å². The first-order valence-corrected chi connectivity index (χ1v) is 5.10. The van der Waals surface area contributed by atoms with Crippen molar-refractivity contribution in [1.82, 2.24) is 15.0 Å². The predicted octanol–water partition coefficient (Wildman–Crippen LogP) is 0.777. The Kier molecular flexibility index (Phi) is 3.16. The van der Waals surface area contributed by atoms with Gasteiger partial charge in [-0.3, -0.25) is 0 Å². The fourth-order valence-electron chi connectivity index (χ4n) is 1.58. The summed E-state index contributed by atoms with van der Waals surface area (Å²) in [6.45, 7) is 0.572. The molecule has 5 heteroatoms. The fraction of sp³-hybridized carbons (Fsp3) is 0.273. The average molecular weight is 218 g/mol. The highest BCUT2D eigenvalue weighted by Crippen LogP contribution is 2.22. The number of hydrogen-bond acceptors (Lipinski definition) is 4. The second-order valence-electron chi connectivity index (χ2n) is 3.35. The van der Waals surface area contributed by atoms with Crippen LogP contribution >= 0.6 is 0 Å². The summed E-state index contributed by atoms with van der Waals surface area (Å²) in [7, 11) is 1.64. The lowest BCUT2D eigenvalue weighted by molar-refractivity contribution is 0.411. The minimum Gasteiger partial charge on any atom is -0.494 e. The summed E-state index contributed by atoms with van der Waals surface area (Å²) in [5.74, 6) is 0.770. The maximum Gasteiger partial charge on any atom is 0.144 e. The second kappa shape index (κ2) is 4.76. The molecule has 0 saturated carbocycles. The topological polar surface area (TPSA) is 66.0 Å². The zero-order valence-electron chi connectivity index (χ0n) is 9.13. The van der Waals surface area contributed by atoms with Crippen LogP contribution in [0.1, 0.15) is 5.69 Å². The largest absolute Gasteiger partial charge is 0.494 e. The third kappa shape index (κ3) is 1.90. The van der Waals surface area contributed by atoms with E-state index in [1.165, 1.54) is 0 Å². The van der Waals surface area contributed by atoms with Gasteiger partial charge < -0.3 is 10.5 Å². The number of para-hydroxylation sites is 2. The van der Waals surface area contributed by atoms with E-state index in [0.717, 1.165) is 23.6 Å². The Morgan fingerprint density at radius 3 is 2.94 bits per heavy atom. The van der Waals surface area contributed by atoms with Crippen molar-refractivity contribution in [2.75, 3.05) is 13.7 Å². The first-order chi connectivity index (χ1) is 7.86. The number of nitrogens with two attached hydrogens (primary N) is 1. The fourth-order valence-corrected chi connectivity index (χ4v) is 1.58. The molecule has 1 aromatic heterocycles. The van der Waals surface area contributed by atoms with Gasteiger partial charge in [0.25, 0.3) is 0 Å². The Hall–Kier alpha value is -1.88. The van der Waals surface area contributed by atoms with Gasteiger partial charge in [0.05, 0.1) is 19.0 Å². The smallest absolute Gasteiger partial charge is 0.144 e. The molecule has 5 nitrogen and oxygen atoms in total. The van der Waals surface area contributed by atoms with Crippen LogP contribution in [0.3, 0.4) is 0 Å². The normalized spacial score (nSPS) is 10.4. The molecular weight excluding hydrogens is 204 g/mol. The summed E-state index contributed by atoms with van der Waals surface area (Å²) in [4.78, 5) is 0. The standard InChI is InChI=1S/C11H14N4O/c1-16-11-5-3-2-4-10(11)15-9(6-7-12)8-13-14-15/h2-5,8H,6-7,12H2,1H3. The van der Waals surface area contributed by atoms with Gasteiger partial charge in [0.2, 0.25) is 0 Å². The number of rotatable bonds is 4. The maximum absolute atomic E-state index is 5.54. The van der Waals surface area contributed by atoms with Crippen molar-refractivity contribution in [2.45, 2.75) is 6.42 Å². The van der Waals surface area contributed by atoms with Crippen LogP contribution in [-0.2, 0) is 6.42 Å². The molecule has 0 aliphatic carbocycles. The van der Waals surface area contributed by atoms with Gasteiger partial charge in [0.15, 0.2) is 0 Å². The summed E-state index contributed by atoms with van der Waals surface area (Å²) in [5.41, 5.74) is 7.40. The van der Waals surface area contributed by atoms with Crippen molar-refractivity contribution in [3.05, 3.63) is 36.2 Å². The molecule has 2 N–H and O–H groups in total. The first-order valence-electron chi connectivity index (χ1n) is 5.10. The van der Waals surface area contributed by atoms with E-state index in [-0.39, 0.29) is 0 Å². The molecule has 1 heterocycles. The molecule has 0 saturated heterocycles. The van der Waals surface area contributed by atoms with Gasteiger partial charge in [0, 0.05) is 6.42 Å². The quantitative estimate of drug-likeness (QED) is 0.823. The van der Waals surface area contributed by atoms with E-state index in [4.69, 9.17) is 10.5 Å². The zero-order valence-corrected chi connectivity index (χ0v) is 9.13. The van der Waals surface area contributed by atoms with Gasteiger partial charge in [-0.2, -0.15) is 0 Å². The van der Waals surface area contributed by atoms with E-state index in [9.17, 15) is 0 Å². The number of methoxy groups -OCH3 is 1. The Morgan fingerprint density at radius 1 is 1.38 bits per heavy atom. The highest BCUT2D eigenvalue weighted by Gasteiger charge is 2.09. The molecule has 0 atom stereocenters. The van der Waals surface area contributed by atoms with E-state index in [1.54, 1.807) is 18.0 Å². The molecule has 0 amide bonds. The van der Waals surface area contributed by atoms with Crippen LogP contribution in [0, 0.1) is 0 Å². The molecule has 0 fully saturated rings. The average Bonchev–Trinajstić information content (AvgIpc) is 2.77. The maximum atomic E-state index is 5.54. The Bertz CT molecular complexity index is 467. The van der Waals surface area contributed by atoms with Crippen LogP contribution in [-0.4, -0.2) is 28.6 Å². The monoisotopic (exact) mass is 218 g/mol. The predicted molar refractivity (Wildman–Crippen MR) is 60.7 cm³/mol. The molecular formula is C11H14N4O. The third-order valence-electron chi connectivity index (χ3n) is 2.33. The Balaban J connectivity index is 2.45. The number of aromatic nitrogens is 3. The minimum absolute atomic E-state index is 0.572. The molecule has 0 aliphatic rings. The van der Waals surface area contributed by atoms with Crippen molar-refractivity contribution >= 4 is 0 Å². The van der Waals surface area contributed by atoms with Crippen LogP contribution in [0.25, 0.3) is 5.69 Å². The molecule has 16 heavy (non-hydrogen) atoms. The highest BCUT2D eigenvalue weighted by molar-refractivity contribution is 5.46. The van der Waals surface area contributed by atoms with Gasteiger partial charge in [-0.25, -0.2) is 4.68 Å². The Morgan fingerprint density at radius 2 is 2.19 bits per heavy atom. The Labute approximate surface area is 93.8 Å². The molecule has 84 valence electrons. The van der Waals surface area contributed by atoms with Crippen LogP contribution < -0.4 is 10.5 Å². The molecule has 0 aliphatic heterocycles. The van der Waals surface area contributed by atoms with Gasteiger partial charge >= 0.3 is 0 Å². The van der Waals surface area contributed by atoms with Crippen LogP contribution in [0.5, 0.6) is 5.75 Å². The van der Waals surface area contributed by atoms with E-state index in [1.807, 2.05) is 24.3 Å². The summed E-state index contributed by atoms with van der Waals surface area (Å²) in [5, 5.41) is 7.94. The van der Waals surface area contributed by atoms with Gasteiger partial charge in [-0.05, 0) is 18.7 Å².